The molecule has 0 saturated heterocycles. The maximum absolute atomic E-state index is 12.1. The van der Waals surface area contributed by atoms with Crippen LogP contribution in [0.15, 0.2) is 16.7 Å². The van der Waals surface area contributed by atoms with E-state index in [9.17, 15) is 8.78 Å². The van der Waals surface area contributed by atoms with Crippen molar-refractivity contribution in [3.8, 4) is 6.07 Å². The molecule has 1 aromatic heterocycles. The molecule has 0 unspecified atom stereocenters. The minimum absolute atomic E-state index is 0.0978. The molecule has 1 rings (SSSR count). The zero-order chi connectivity index (χ0) is 9.14. The summed E-state index contributed by atoms with van der Waals surface area (Å²) in [6.07, 6.45) is -1.46. The van der Waals surface area contributed by atoms with E-state index in [-0.39, 0.29) is 5.56 Å². The third-order valence-corrected chi connectivity index (χ3v) is 1.65. The Balaban J connectivity index is 3.23. The summed E-state index contributed by atoms with van der Waals surface area (Å²) < 4.78 is 24.8. The molecule has 0 aliphatic rings. The van der Waals surface area contributed by atoms with Crippen LogP contribution in [0.4, 0.5) is 8.78 Å². The monoisotopic (exact) mass is 232 g/mol. The molecule has 2 nitrogen and oxygen atoms in total. The quantitative estimate of drug-likeness (QED) is 0.747. The molecule has 0 N–H and O–H groups in total. The first kappa shape index (κ1) is 9.07. The summed E-state index contributed by atoms with van der Waals surface area (Å²) in [5.74, 6) is 0. The summed E-state index contributed by atoms with van der Waals surface area (Å²) in [4.78, 5) is 3.43. The van der Waals surface area contributed by atoms with E-state index in [0.29, 0.717) is 4.47 Å². The second kappa shape index (κ2) is 3.59. The lowest BCUT2D eigenvalue weighted by molar-refractivity contribution is 0.145. The molecule has 62 valence electrons. The minimum Gasteiger partial charge on any atom is -0.253 e. The normalized spacial score (nSPS) is 9.92. The van der Waals surface area contributed by atoms with Crippen molar-refractivity contribution >= 4 is 15.9 Å². The lowest BCUT2D eigenvalue weighted by atomic mass is 10.2. The van der Waals surface area contributed by atoms with Gasteiger partial charge in [0.2, 0.25) is 0 Å². The van der Waals surface area contributed by atoms with Gasteiger partial charge in [0.05, 0.1) is 5.56 Å². The molecule has 0 bridgehead atoms. The Labute approximate surface area is 76.0 Å². The number of rotatable bonds is 1. The van der Waals surface area contributed by atoms with Crippen LogP contribution in [-0.4, -0.2) is 4.98 Å². The van der Waals surface area contributed by atoms with Crippen LogP contribution >= 0.6 is 15.9 Å². The third-order valence-electron chi connectivity index (χ3n) is 1.21. The highest BCUT2D eigenvalue weighted by molar-refractivity contribution is 9.10. The Bertz CT molecular complexity index is 333. The Morgan fingerprint density at radius 2 is 2.25 bits per heavy atom. The van der Waals surface area contributed by atoms with Gasteiger partial charge in [0.25, 0.3) is 6.43 Å². The first-order valence-corrected chi connectivity index (χ1v) is 3.78. The van der Waals surface area contributed by atoms with Gasteiger partial charge in [-0.2, -0.15) is 5.26 Å². The highest BCUT2D eigenvalue weighted by Crippen LogP contribution is 2.22. The van der Waals surface area contributed by atoms with E-state index >= 15 is 0 Å². The molecule has 1 aromatic rings. The molecule has 1 heterocycles. The van der Waals surface area contributed by atoms with Crippen molar-refractivity contribution in [2.45, 2.75) is 6.43 Å². The van der Waals surface area contributed by atoms with Crippen LogP contribution in [0.1, 0.15) is 17.7 Å². The van der Waals surface area contributed by atoms with Crippen molar-refractivity contribution in [1.82, 2.24) is 4.98 Å². The number of alkyl halides is 2. The van der Waals surface area contributed by atoms with Crippen LogP contribution in [0.3, 0.4) is 0 Å². The van der Waals surface area contributed by atoms with Crippen LogP contribution in [0.25, 0.3) is 0 Å². The standard InChI is InChI=1S/C7H3BrF2N2/c8-5-1-4(2-11)6(7(9)10)12-3-5/h1,3,7H. The molecule has 0 saturated carbocycles. The lowest BCUT2D eigenvalue weighted by Gasteiger charge is -2.00. The maximum Gasteiger partial charge on any atom is 0.281 e. The van der Waals surface area contributed by atoms with Gasteiger partial charge < -0.3 is 0 Å². The number of nitrogens with zero attached hydrogens (tertiary/aromatic N) is 2. The van der Waals surface area contributed by atoms with Crippen LogP contribution in [0.2, 0.25) is 0 Å². The van der Waals surface area contributed by atoms with E-state index in [1.807, 2.05) is 0 Å². The van der Waals surface area contributed by atoms with Gasteiger partial charge in [0.15, 0.2) is 0 Å². The SMILES string of the molecule is N#Cc1cc(Br)cnc1C(F)F. The average molecular weight is 233 g/mol. The van der Waals surface area contributed by atoms with Gasteiger partial charge in [0.1, 0.15) is 11.8 Å². The second-order valence-electron chi connectivity index (χ2n) is 2.00. The van der Waals surface area contributed by atoms with Crippen LogP contribution in [0, 0.1) is 11.3 Å². The number of aromatic nitrogens is 1. The van der Waals surface area contributed by atoms with Gasteiger partial charge in [0, 0.05) is 10.7 Å². The van der Waals surface area contributed by atoms with Gasteiger partial charge in [-0.3, -0.25) is 4.98 Å². The van der Waals surface area contributed by atoms with Crippen LogP contribution in [0.5, 0.6) is 0 Å². The molecule has 0 aliphatic heterocycles. The summed E-state index contributed by atoms with van der Waals surface area (Å²) in [6.45, 7) is 0. The number of halogens is 3. The van der Waals surface area contributed by atoms with E-state index in [1.165, 1.54) is 12.3 Å². The van der Waals surface area contributed by atoms with Crippen molar-refractivity contribution in [3.63, 3.8) is 0 Å². The lowest BCUT2D eigenvalue weighted by Crippen LogP contribution is -1.94. The summed E-state index contributed by atoms with van der Waals surface area (Å²) in [6, 6.07) is 2.96. The molecule has 0 fully saturated rings. The average Bonchev–Trinajstić information content (AvgIpc) is 2.03. The van der Waals surface area contributed by atoms with E-state index in [0.717, 1.165) is 0 Å². The molecule has 12 heavy (non-hydrogen) atoms. The fraction of sp³-hybridized carbons (Fsp3) is 0.143. The van der Waals surface area contributed by atoms with Gasteiger partial charge in [-0.25, -0.2) is 8.78 Å². The highest BCUT2D eigenvalue weighted by Gasteiger charge is 2.14. The molecule has 0 radical (unpaired) electrons. The van der Waals surface area contributed by atoms with Crippen molar-refractivity contribution in [3.05, 3.63) is 28.0 Å². The number of hydrogen-bond acceptors (Lipinski definition) is 2. The Hall–Kier alpha value is -1.02. The van der Waals surface area contributed by atoms with Crippen LogP contribution < -0.4 is 0 Å². The summed E-state index contributed by atoms with van der Waals surface area (Å²) in [5.41, 5.74) is -0.569. The molecular weight excluding hydrogens is 230 g/mol. The Morgan fingerprint density at radius 1 is 1.58 bits per heavy atom. The summed E-state index contributed by atoms with van der Waals surface area (Å²) in [7, 11) is 0. The molecule has 5 heteroatoms. The van der Waals surface area contributed by atoms with Crippen LogP contribution in [-0.2, 0) is 0 Å². The minimum atomic E-state index is -2.70. The van der Waals surface area contributed by atoms with Crippen molar-refractivity contribution in [1.29, 1.82) is 5.26 Å². The zero-order valence-electron chi connectivity index (χ0n) is 5.76. The fourth-order valence-corrected chi connectivity index (χ4v) is 1.04. The number of nitriles is 1. The third kappa shape index (κ3) is 1.77. The van der Waals surface area contributed by atoms with Gasteiger partial charge in [-0.05, 0) is 22.0 Å². The Morgan fingerprint density at radius 3 is 2.75 bits per heavy atom. The van der Waals surface area contributed by atoms with Gasteiger partial charge >= 0.3 is 0 Å². The topological polar surface area (TPSA) is 36.7 Å². The highest BCUT2D eigenvalue weighted by atomic mass is 79.9. The molecule has 0 aromatic carbocycles. The van der Waals surface area contributed by atoms with Gasteiger partial charge in [-0.1, -0.05) is 0 Å². The largest absolute Gasteiger partial charge is 0.281 e. The second-order valence-corrected chi connectivity index (χ2v) is 2.91. The van der Waals surface area contributed by atoms with E-state index in [1.54, 1.807) is 6.07 Å². The van der Waals surface area contributed by atoms with E-state index < -0.39 is 12.1 Å². The van der Waals surface area contributed by atoms with E-state index in [4.69, 9.17) is 5.26 Å². The maximum atomic E-state index is 12.1. The number of pyridine rings is 1. The van der Waals surface area contributed by atoms with Crippen molar-refractivity contribution < 1.29 is 8.78 Å². The smallest absolute Gasteiger partial charge is 0.253 e. The van der Waals surface area contributed by atoms with E-state index in [2.05, 4.69) is 20.9 Å². The van der Waals surface area contributed by atoms with Gasteiger partial charge in [-0.15, -0.1) is 0 Å². The fourth-order valence-electron chi connectivity index (χ4n) is 0.713. The molecule has 0 atom stereocenters. The van der Waals surface area contributed by atoms with Crippen molar-refractivity contribution in [2.75, 3.05) is 0 Å². The first-order chi connectivity index (χ1) is 5.65. The Kier molecular flexibility index (Phi) is 2.71. The molecular formula is C7H3BrF2N2. The first-order valence-electron chi connectivity index (χ1n) is 2.99. The number of hydrogen-bond donors (Lipinski definition) is 0. The predicted octanol–water partition coefficient (Wildman–Crippen LogP) is 2.65. The summed E-state index contributed by atoms with van der Waals surface area (Å²) >= 11 is 3.03. The summed E-state index contributed by atoms with van der Waals surface area (Å²) in [5, 5.41) is 8.45. The van der Waals surface area contributed by atoms with Crippen molar-refractivity contribution in [2.24, 2.45) is 0 Å². The molecule has 0 spiro atoms. The molecule has 0 amide bonds. The molecule has 0 aliphatic carbocycles. The predicted molar refractivity (Wildman–Crippen MR) is 41.6 cm³/mol. The zero-order valence-corrected chi connectivity index (χ0v) is 7.35.